The molecular weight excluding hydrogens is 451 g/mol. The van der Waals surface area contributed by atoms with E-state index in [0.717, 1.165) is 17.3 Å². The molecule has 0 unspecified atom stereocenters. The summed E-state index contributed by atoms with van der Waals surface area (Å²) in [5.74, 6) is -0.451. The molecule has 0 amide bonds. The molecule has 5 rings (SSSR count). The van der Waals surface area contributed by atoms with Crippen molar-refractivity contribution in [2.75, 3.05) is 0 Å². The van der Waals surface area contributed by atoms with Gasteiger partial charge in [-0.1, -0.05) is 36.4 Å². The van der Waals surface area contributed by atoms with Crippen LogP contribution < -0.4 is 5.43 Å². The Bertz CT molecular complexity index is 1300. The van der Waals surface area contributed by atoms with Gasteiger partial charge in [0, 0.05) is 24.9 Å². The zero-order valence-electron chi connectivity index (χ0n) is 15.6. The lowest BCUT2D eigenvalue weighted by molar-refractivity contribution is 0.331. The van der Waals surface area contributed by atoms with Crippen LogP contribution in [0.25, 0.3) is 11.5 Å². The maximum absolute atomic E-state index is 14.0. The predicted octanol–water partition coefficient (Wildman–Crippen LogP) is 4.10. The van der Waals surface area contributed by atoms with E-state index in [1.54, 1.807) is 23.0 Å². The van der Waals surface area contributed by atoms with Gasteiger partial charge in [0.25, 0.3) is 0 Å². The number of aromatic nitrogens is 4. The molecule has 2 aromatic carbocycles. The molecular formula is C22H16BrFN4O2. The van der Waals surface area contributed by atoms with Gasteiger partial charge in [-0.25, -0.2) is 9.37 Å². The van der Waals surface area contributed by atoms with Gasteiger partial charge in [-0.05, 0) is 39.2 Å². The summed E-state index contributed by atoms with van der Waals surface area (Å²) in [6.07, 6.45) is 4.56. The van der Waals surface area contributed by atoms with E-state index < -0.39 is 5.43 Å². The minimum absolute atomic E-state index is 0.216. The fraction of sp³-hybridized carbons (Fsp3) is 0.136. The van der Waals surface area contributed by atoms with Crippen molar-refractivity contribution in [3.05, 3.63) is 98.8 Å². The van der Waals surface area contributed by atoms with Gasteiger partial charge in [0.15, 0.2) is 11.6 Å². The third kappa shape index (κ3) is 2.95. The van der Waals surface area contributed by atoms with Crippen LogP contribution in [-0.2, 0) is 6.54 Å². The average molecular weight is 467 g/mol. The SMILES string of the molecule is O=c1cnn2c(c1O)-c1nccn1C[C@@H]2[C@H](c1ccccc1)c1ccc(F)c(Br)c1. The zero-order chi connectivity index (χ0) is 20.8. The van der Waals surface area contributed by atoms with E-state index >= 15 is 0 Å². The van der Waals surface area contributed by atoms with Crippen LogP contribution in [0.15, 0.2) is 76.4 Å². The number of rotatable bonds is 3. The van der Waals surface area contributed by atoms with E-state index in [4.69, 9.17) is 0 Å². The van der Waals surface area contributed by atoms with Crippen LogP contribution in [0, 0.1) is 5.82 Å². The van der Waals surface area contributed by atoms with Gasteiger partial charge < -0.3 is 9.67 Å². The summed E-state index contributed by atoms with van der Waals surface area (Å²) in [5, 5.41) is 14.9. The van der Waals surface area contributed by atoms with E-state index in [2.05, 4.69) is 26.0 Å². The Labute approximate surface area is 179 Å². The van der Waals surface area contributed by atoms with Crippen LogP contribution in [0.3, 0.4) is 0 Å². The van der Waals surface area contributed by atoms with Crippen LogP contribution in [0.2, 0.25) is 0 Å². The highest BCUT2D eigenvalue weighted by atomic mass is 79.9. The summed E-state index contributed by atoms with van der Waals surface area (Å²) in [6.45, 7) is 0.520. The molecule has 1 aliphatic heterocycles. The molecule has 0 saturated heterocycles. The van der Waals surface area contributed by atoms with Crippen molar-refractivity contribution >= 4 is 15.9 Å². The standard InChI is InChI=1S/C22H16BrFN4O2/c23-15-10-14(6-7-16(15)24)19(13-4-2-1-3-5-13)17-12-27-9-8-25-22(27)20-21(30)18(29)11-26-28(17)20/h1-11,17,19,30H,12H2/t17-,19-/m1/s1. The zero-order valence-corrected chi connectivity index (χ0v) is 17.2. The number of fused-ring (bicyclic) bond motifs is 3. The molecule has 1 aliphatic rings. The lowest BCUT2D eigenvalue weighted by Crippen LogP contribution is -2.32. The molecule has 3 heterocycles. The molecule has 1 N–H and O–H groups in total. The largest absolute Gasteiger partial charge is 0.503 e. The molecule has 0 spiro atoms. The van der Waals surface area contributed by atoms with Gasteiger partial charge in [0.1, 0.15) is 11.5 Å². The lowest BCUT2D eigenvalue weighted by atomic mass is 9.84. The monoisotopic (exact) mass is 466 g/mol. The molecule has 30 heavy (non-hydrogen) atoms. The summed E-state index contributed by atoms with van der Waals surface area (Å²) in [6, 6.07) is 14.5. The second-order valence-corrected chi connectivity index (χ2v) is 8.04. The van der Waals surface area contributed by atoms with Gasteiger partial charge in [-0.15, -0.1) is 0 Å². The molecule has 6 nitrogen and oxygen atoms in total. The Hall–Kier alpha value is -3.26. The first kappa shape index (κ1) is 18.7. The van der Waals surface area contributed by atoms with E-state index in [1.807, 2.05) is 41.1 Å². The summed E-state index contributed by atoms with van der Waals surface area (Å²) < 4.78 is 17.9. The Kier molecular flexibility index (Phi) is 4.51. The number of imidazole rings is 1. The first-order chi connectivity index (χ1) is 14.5. The Balaban J connectivity index is 1.76. The molecule has 0 saturated carbocycles. The van der Waals surface area contributed by atoms with E-state index in [1.165, 1.54) is 6.07 Å². The number of aromatic hydroxyl groups is 1. The van der Waals surface area contributed by atoms with E-state index in [9.17, 15) is 14.3 Å². The molecule has 2 aromatic heterocycles. The van der Waals surface area contributed by atoms with Crippen molar-refractivity contribution in [1.29, 1.82) is 0 Å². The number of nitrogens with zero attached hydrogens (tertiary/aromatic N) is 4. The Morgan fingerprint density at radius 3 is 2.73 bits per heavy atom. The lowest BCUT2D eigenvalue weighted by Gasteiger charge is -2.34. The van der Waals surface area contributed by atoms with Crippen LogP contribution in [0.4, 0.5) is 4.39 Å². The fourth-order valence-corrected chi connectivity index (χ4v) is 4.52. The number of benzene rings is 2. The van der Waals surface area contributed by atoms with Crippen molar-refractivity contribution in [2.45, 2.75) is 18.5 Å². The first-order valence-corrected chi connectivity index (χ1v) is 10.2. The average Bonchev–Trinajstić information content (AvgIpc) is 3.22. The molecule has 0 fully saturated rings. The molecule has 4 aromatic rings. The number of halogens is 2. The molecule has 0 aliphatic carbocycles. The summed E-state index contributed by atoms with van der Waals surface area (Å²) in [7, 11) is 0. The Morgan fingerprint density at radius 2 is 1.97 bits per heavy atom. The van der Waals surface area contributed by atoms with Gasteiger partial charge in [0.2, 0.25) is 5.43 Å². The van der Waals surface area contributed by atoms with Crippen molar-refractivity contribution in [1.82, 2.24) is 19.3 Å². The molecule has 0 radical (unpaired) electrons. The van der Waals surface area contributed by atoms with Crippen molar-refractivity contribution in [3.63, 3.8) is 0 Å². The molecule has 0 bridgehead atoms. The van der Waals surface area contributed by atoms with Crippen molar-refractivity contribution in [3.8, 4) is 17.3 Å². The Morgan fingerprint density at radius 1 is 1.17 bits per heavy atom. The first-order valence-electron chi connectivity index (χ1n) is 9.37. The van der Waals surface area contributed by atoms with Gasteiger partial charge in [-0.2, -0.15) is 5.10 Å². The highest BCUT2D eigenvalue weighted by molar-refractivity contribution is 9.10. The minimum Gasteiger partial charge on any atom is -0.503 e. The second-order valence-electron chi connectivity index (χ2n) is 7.18. The van der Waals surface area contributed by atoms with Crippen LogP contribution in [0.5, 0.6) is 5.75 Å². The molecule has 8 heteroatoms. The molecule has 2 atom stereocenters. The van der Waals surface area contributed by atoms with Gasteiger partial charge in [0.05, 0.1) is 16.7 Å². The summed E-state index contributed by atoms with van der Waals surface area (Å²) in [4.78, 5) is 16.4. The summed E-state index contributed by atoms with van der Waals surface area (Å²) >= 11 is 3.29. The van der Waals surface area contributed by atoms with Crippen LogP contribution >= 0.6 is 15.9 Å². The number of hydrogen-bond acceptors (Lipinski definition) is 4. The van der Waals surface area contributed by atoms with Gasteiger partial charge in [-0.3, -0.25) is 9.48 Å². The third-order valence-electron chi connectivity index (χ3n) is 5.46. The van der Waals surface area contributed by atoms with E-state index in [0.29, 0.717) is 16.8 Å². The van der Waals surface area contributed by atoms with Crippen LogP contribution in [-0.4, -0.2) is 24.4 Å². The smallest absolute Gasteiger partial charge is 0.242 e. The van der Waals surface area contributed by atoms with Crippen molar-refractivity contribution < 1.29 is 9.50 Å². The maximum Gasteiger partial charge on any atom is 0.242 e. The maximum atomic E-state index is 14.0. The van der Waals surface area contributed by atoms with E-state index in [-0.39, 0.29) is 29.2 Å². The number of hydrogen-bond donors (Lipinski definition) is 1. The highest BCUT2D eigenvalue weighted by Gasteiger charge is 2.35. The fourth-order valence-electron chi connectivity index (χ4n) is 4.12. The summed E-state index contributed by atoms with van der Waals surface area (Å²) in [5.41, 5.74) is 1.62. The topological polar surface area (TPSA) is 72.9 Å². The van der Waals surface area contributed by atoms with Crippen LogP contribution in [0.1, 0.15) is 23.1 Å². The predicted molar refractivity (Wildman–Crippen MR) is 113 cm³/mol. The van der Waals surface area contributed by atoms with Crippen molar-refractivity contribution in [2.24, 2.45) is 0 Å². The molecule has 150 valence electrons. The highest BCUT2D eigenvalue weighted by Crippen LogP contribution is 2.42. The quantitative estimate of drug-likeness (QED) is 0.493. The second kappa shape index (κ2) is 7.21. The van der Waals surface area contributed by atoms with Gasteiger partial charge >= 0.3 is 0 Å². The minimum atomic E-state index is -0.558. The normalized spacial score (nSPS) is 16.0. The third-order valence-corrected chi connectivity index (χ3v) is 6.07.